The number of hydrogen-bond donors (Lipinski definition) is 0. The zero-order chi connectivity index (χ0) is 14.1. The van der Waals surface area contributed by atoms with Crippen molar-refractivity contribution in [3.63, 3.8) is 0 Å². The molecule has 0 aromatic heterocycles. The van der Waals surface area contributed by atoms with E-state index in [0.717, 1.165) is 23.5 Å². The van der Waals surface area contributed by atoms with Crippen molar-refractivity contribution in [3.05, 3.63) is 58.6 Å². The van der Waals surface area contributed by atoms with Gasteiger partial charge in [-0.3, -0.25) is 0 Å². The van der Waals surface area contributed by atoms with E-state index in [-0.39, 0.29) is 10.9 Å². The maximum atomic E-state index is 6.33. The lowest BCUT2D eigenvalue weighted by atomic mass is 10.0. The maximum Gasteiger partial charge on any atom is 0.123 e. The van der Waals surface area contributed by atoms with Gasteiger partial charge in [0.2, 0.25) is 0 Å². The van der Waals surface area contributed by atoms with E-state index in [0.29, 0.717) is 5.02 Å². The van der Waals surface area contributed by atoms with E-state index < -0.39 is 0 Å². The third-order valence-electron chi connectivity index (χ3n) is 3.50. The van der Waals surface area contributed by atoms with Gasteiger partial charge in [-0.25, -0.2) is 0 Å². The van der Waals surface area contributed by atoms with E-state index in [2.05, 4.69) is 22.0 Å². The summed E-state index contributed by atoms with van der Waals surface area (Å²) in [6.45, 7) is 0. The Morgan fingerprint density at radius 2 is 2.10 bits per heavy atom. The monoisotopic (exact) mass is 352 g/mol. The Morgan fingerprint density at radius 3 is 2.80 bits per heavy atom. The average Bonchev–Trinajstić information content (AvgIpc) is 2.90. The molecule has 0 spiro atoms. The van der Waals surface area contributed by atoms with Crippen molar-refractivity contribution in [1.82, 2.24) is 0 Å². The summed E-state index contributed by atoms with van der Waals surface area (Å²) in [7, 11) is 1.63. The fraction of sp³-hybridized carbons (Fsp3) is 0.250. The molecule has 1 aliphatic rings. The zero-order valence-electron chi connectivity index (χ0n) is 11.0. The number of ether oxygens (including phenoxy) is 2. The van der Waals surface area contributed by atoms with Crippen molar-refractivity contribution in [3.8, 4) is 11.5 Å². The number of methoxy groups -OCH3 is 1. The third kappa shape index (κ3) is 2.52. The number of hydrogen-bond acceptors (Lipinski definition) is 2. The molecule has 0 amide bonds. The summed E-state index contributed by atoms with van der Waals surface area (Å²) in [5, 5.41) is 0.686. The van der Waals surface area contributed by atoms with Gasteiger partial charge >= 0.3 is 0 Å². The SMILES string of the molecule is COc1ccc(C(Br)C2Cc3ccccc3O2)c(Cl)c1. The molecule has 4 heteroatoms. The normalized spacial score (nSPS) is 18.2. The Kier molecular flexibility index (Phi) is 3.90. The van der Waals surface area contributed by atoms with Crippen molar-refractivity contribution in [2.24, 2.45) is 0 Å². The van der Waals surface area contributed by atoms with E-state index in [4.69, 9.17) is 21.1 Å². The zero-order valence-corrected chi connectivity index (χ0v) is 13.3. The predicted octanol–water partition coefficient (Wildman–Crippen LogP) is 4.79. The molecule has 3 rings (SSSR count). The Labute approximate surface area is 131 Å². The summed E-state index contributed by atoms with van der Waals surface area (Å²) < 4.78 is 11.2. The Morgan fingerprint density at radius 1 is 1.30 bits per heavy atom. The van der Waals surface area contributed by atoms with Gasteiger partial charge < -0.3 is 9.47 Å². The van der Waals surface area contributed by atoms with Crippen LogP contribution < -0.4 is 9.47 Å². The van der Waals surface area contributed by atoms with Gasteiger partial charge in [0.15, 0.2) is 0 Å². The fourth-order valence-electron chi connectivity index (χ4n) is 2.43. The minimum absolute atomic E-state index is 0.0494. The van der Waals surface area contributed by atoms with Crippen molar-refractivity contribution in [2.75, 3.05) is 7.11 Å². The van der Waals surface area contributed by atoms with Gasteiger partial charge in [0.25, 0.3) is 0 Å². The summed E-state index contributed by atoms with van der Waals surface area (Å²) in [5.74, 6) is 1.72. The van der Waals surface area contributed by atoms with Gasteiger partial charge in [0.05, 0.1) is 11.9 Å². The molecule has 0 N–H and O–H groups in total. The van der Waals surface area contributed by atoms with Crippen LogP contribution in [0.5, 0.6) is 11.5 Å². The highest BCUT2D eigenvalue weighted by atomic mass is 79.9. The number of benzene rings is 2. The van der Waals surface area contributed by atoms with Gasteiger partial charge in [-0.1, -0.05) is 51.8 Å². The molecular weight excluding hydrogens is 340 g/mol. The van der Waals surface area contributed by atoms with E-state index >= 15 is 0 Å². The maximum absolute atomic E-state index is 6.33. The molecule has 1 aliphatic heterocycles. The molecule has 0 bridgehead atoms. The Bertz CT molecular complexity index is 605. The number of alkyl halides is 1. The fourth-order valence-corrected chi connectivity index (χ4v) is 3.54. The van der Waals surface area contributed by atoms with Crippen LogP contribution in [0.4, 0.5) is 0 Å². The minimum atomic E-state index is 0.0494. The highest BCUT2D eigenvalue weighted by Crippen LogP contribution is 2.41. The average molecular weight is 354 g/mol. The first-order valence-electron chi connectivity index (χ1n) is 6.41. The van der Waals surface area contributed by atoms with Gasteiger partial charge in [-0.2, -0.15) is 0 Å². The molecule has 1 heterocycles. The van der Waals surface area contributed by atoms with Crippen molar-refractivity contribution in [2.45, 2.75) is 17.4 Å². The molecule has 0 saturated heterocycles. The Balaban J connectivity index is 1.82. The van der Waals surface area contributed by atoms with Crippen molar-refractivity contribution >= 4 is 27.5 Å². The van der Waals surface area contributed by atoms with Crippen LogP contribution in [0.3, 0.4) is 0 Å². The number of fused-ring (bicyclic) bond motifs is 1. The summed E-state index contributed by atoms with van der Waals surface area (Å²) in [5.41, 5.74) is 2.26. The van der Waals surface area contributed by atoms with Crippen LogP contribution >= 0.6 is 27.5 Å². The summed E-state index contributed by atoms with van der Waals surface area (Å²) in [6.07, 6.45) is 0.937. The molecule has 0 aliphatic carbocycles. The van der Waals surface area contributed by atoms with Crippen LogP contribution in [0.2, 0.25) is 5.02 Å². The predicted molar refractivity (Wildman–Crippen MR) is 84.2 cm³/mol. The summed E-state index contributed by atoms with van der Waals surface area (Å²) >= 11 is 10.0. The summed E-state index contributed by atoms with van der Waals surface area (Å²) in [6, 6.07) is 13.9. The van der Waals surface area contributed by atoms with Crippen molar-refractivity contribution < 1.29 is 9.47 Å². The molecule has 0 fully saturated rings. The molecule has 2 unspecified atom stereocenters. The second-order valence-electron chi connectivity index (χ2n) is 4.76. The first-order chi connectivity index (χ1) is 9.69. The molecule has 0 saturated carbocycles. The van der Waals surface area contributed by atoms with Crippen LogP contribution in [0.25, 0.3) is 0 Å². The second-order valence-corrected chi connectivity index (χ2v) is 6.15. The van der Waals surface area contributed by atoms with E-state index in [1.807, 2.05) is 36.4 Å². The Hall–Kier alpha value is -1.19. The van der Waals surface area contributed by atoms with Gasteiger partial charge in [0.1, 0.15) is 17.6 Å². The molecule has 2 nitrogen and oxygen atoms in total. The van der Waals surface area contributed by atoms with Crippen LogP contribution in [0.15, 0.2) is 42.5 Å². The first-order valence-corrected chi connectivity index (χ1v) is 7.70. The minimum Gasteiger partial charge on any atom is -0.497 e. The van der Waals surface area contributed by atoms with E-state index in [1.165, 1.54) is 5.56 Å². The quantitative estimate of drug-likeness (QED) is 0.739. The molecule has 0 radical (unpaired) electrons. The lowest BCUT2D eigenvalue weighted by Crippen LogP contribution is -2.19. The van der Waals surface area contributed by atoms with Gasteiger partial charge in [0, 0.05) is 11.4 Å². The lowest BCUT2D eigenvalue weighted by molar-refractivity contribution is 0.232. The lowest BCUT2D eigenvalue weighted by Gasteiger charge is -2.19. The smallest absolute Gasteiger partial charge is 0.123 e. The molecule has 104 valence electrons. The van der Waals surface area contributed by atoms with E-state index in [9.17, 15) is 0 Å². The van der Waals surface area contributed by atoms with Gasteiger partial charge in [-0.05, 0) is 29.3 Å². The third-order valence-corrected chi connectivity index (χ3v) is 4.91. The van der Waals surface area contributed by atoms with E-state index in [1.54, 1.807) is 7.11 Å². The molecular formula is C16H14BrClO2. The molecule has 2 aromatic rings. The molecule has 2 aromatic carbocycles. The molecule has 2 atom stereocenters. The van der Waals surface area contributed by atoms with Crippen LogP contribution in [0.1, 0.15) is 16.0 Å². The second kappa shape index (κ2) is 5.66. The van der Waals surface area contributed by atoms with Crippen LogP contribution in [-0.4, -0.2) is 13.2 Å². The molecule has 20 heavy (non-hydrogen) atoms. The standard InChI is InChI=1S/C16H14BrClO2/c1-19-11-6-7-12(13(18)9-11)16(17)15-8-10-4-2-3-5-14(10)20-15/h2-7,9,15-16H,8H2,1H3. The number of halogens is 2. The van der Waals surface area contributed by atoms with Crippen LogP contribution in [0, 0.1) is 0 Å². The number of para-hydroxylation sites is 1. The largest absolute Gasteiger partial charge is 0.497 e. The number of rotatable bonds is 3. The van der Waals surface area contributed by atoms with Crippen LogP contribution in [-0.2, 0) is 6.42 Å². The first kappa shape index (κ1) is 13.8. The highest BCUT2D eigenvalue weighted by molar-refractivity contribution is 9.09. The van der Waals surface area contributed by atoms with Gasteiger partial charge in [-0.15, -0.1) is 0 Å². The summed E-state index contributed by atoms with van der Waals surface area (Å²) in [4.78, 5) is 0.0494. The van der Waals surface area contributed by atoms with Crippen molar-refractivity contribution in [1.29, 1.82) is 0 Å². The topological polar surface area (TPSA) is 18.5 Å². The highest BCUT2D eigenvalue weighted by Gasteiger charge is 2.30.